The normalized spacial score (nSPS) is 53.9. The molecule has 0 aromatic carbocycles. The van der Waals surface area contributed by atoms with E-state index in [0.29, 0.717) is 5.41 Å². The van der Waals surface area contributed by atoms with Gasteiger partial charge in [-0.15, -0.1) is 0 Å². The molecule has 0 aromatic rings. The maximum Gasteiger partial charge on any atom is -0.00569 e. The number of hydrogen-bond donors (Lipinski definition) is 0. The van der Waals surface area contributed by atoms with Crippen molar-refractivity contribution in [2.75, 3.05) is 0 Å². The van der Waals surface area contributed by atoms with Crippen molar-refractivity contribution in [3.63, 3.8) is 0 Å². The van der Waals surface area contributed by atoms with Gasteiger partial charge in [-0.1, -0.05) is 19.1 Å². The Kier molecular flexibility index (Phi) is 1.49. The summed E-state index contributed by atoms with van der Waals surface area (Å²) in [4.78, 5) is 0. The van der Waals surface area contributed by atoms with Gasteiger partial charge >= 0.3 is 0 Å². The summed E-state index contributed by atoms with van der Waals surface area (Å²) in [5.74, 6) is 2.93. The first kappa shape index (κ1) is 8.08. The molecule has 2 bridgehead atoms. The Morgan fingerprint density at radius 1 is 1.31 bits per heavy atom. The first-order chi connectivity index (χ1) is 6.22. The molecule has 0 nitrogen and oxygen atoms in total. The SMILES string of the molecule is C=C1C2CCC(C2)C12CCC(C)C2. The Labute approximate surface area is 81.4 Å². The van der Waals surface area contributed by atoms with Gasteiger partial charge in [0.25, 0.3) is 0 Å². The standard InChI is InChI=1S/C13H20/c1-9-5-6-13(8-9)10(2)11-3-4-12(13)7-11/h9,11-12H,2-8H2,1H3. The Hall–Kier alpha value is -0.260. The Bertz CT molecular complexity index is 253. The van der Waals surface area contributed by atoms with Crippen molar-refractivity contribution in [1.29, 1.82) is 0 Å². The van der Waals surface area contributed by atoms with Gasteiger partial charge in [-0.2, -0.15) is 0 Å². The average Bonchev–Trinajstić information content (AvgIpc) is 2.73. The monoisotopic (exact) mass is 176 g/mol. The van der Waals surface area contributed by atoms with Gasteiger partial charge in [0.1, 0.15) is 0 Å². The largest absolute Gasteiger partial charge is 0.0990 e. The lowest BCUT2D eigenvalue weighted by Gasteiger charge is -2.36. The summed E-state index contributed by atoms with van der Waals surface area (Å²) in [5, 5.41) is 0. The highest BCUT2D eigenvalue weighted by molar-refractivity contribution is 5.27. The van der Waals surface area contributed by atoms with Crippen molar-refractivity contribution >= 4 is 0 Å². The fraction of sp³-hybridized carbons (Fsp3) is 0.846. The van der Waals surface area contributed by atoms with E-state index in [0.717, 1.165) is 17.8 Å². The molecule has 4 unspecified atom stereocenters. The maximum atomic E-state index is 4.41. The molecule has 0 aromatic heterocycles. The summed E-state index contributed by atoms with van der Waals surface area (Å²) in [6, 6.07) is 0. The summed E-state index contributed by atoms with van der Waals surface area (Å²) in [7, 11) is 0. The number of fused-ring (bicyclic) bond motifs is 3. The molecule has 0 amide bonds. The van der Waals surface area contributed by atoms with E-state index in [9.17, 15) is 0 Å². The number of hydrogen-bond acceptors (Lipinski definition) is 0. The second kappa shape index (κ2) is 2.40. The molecule has 0 heteroatoms. The summed E-state index contributed by atoms with van der Waals surface area (Å²) < 4.78 is 0. The first-order valence-electron chi connectivity index (χ1n) is 5.91. The van der Waals surface area contributed by atoms with Gasteiger partial charge in [0.2, 0.25) is 0 Å². The van der Waals surface area contributed by atoms with Crippen LogP contribution < -0.4 is 0 Å². The second-order valence-corrected chi connectivity index (χ2v) is 5.74. The molecule has 0 aliphatic heterocycles. The van der Waals surface area contributed by atoms with Crippen molar-refractivity contribution in [2.45, 2.75) is 45.4 Å². The van der Waals surface area contributed by atoms with Crippen molar-refractivity contribution in [3.05, 3.63) is 12.2 Å². The van der Waals surface area contributed by atoms with Gasteiger partial charge < -0.3 is 0 Å². The smallest absolute Gasteiger partial charge is 0.00569 e. The van der Waals surface area contributed by atoms with Crippen molar-refractivity contribution in [2.24, 2.45) is 23.2 Å². The lowest BCUT2D eigenvalue weighted by atomic mass is 9.69. The zero-order valence-corrected chi connectivity index (χ0v) is 8.68. The van der Waals surface area contributed by atoms with E-state index in [4.69, 9.17) is 0 Å². The quantitative estimate of drug-likeness (QED) is 0.493. The van der Waals surface area contributed by atoms with E-state index in [-0.39, 0.29) is 0 Å². The molecule has 3 fully saturated rings. The van der Waals surface area contributed by atoms with Crippen molar-refractivity contribution in [1.82, 2.24) is 0 Å². The van der Waals surface area contributed by atoms with Crippen molar-refractivity contribution in [3.8, 4) is 0 Å². The molecule has 4 atom stereocenters. The second-order valence-electron chi connectivity index (χ2n) is 5.74. The van der Waals surface area contributed by atoms with Gasteiger partial charge in [0, 0.05) is 0 Å². The summed E-state index contributed by atoms with van der Waals surface area (Å²) in [6.45, 7) is 6.83. The van der Waals surface area contributed by atoms with E-state index < -0.39 is 0 Å². The lowest BCUT2D eigenvalue weighted by molar-refractivity contribution is 0.230. The zero-order chi connectivity index (χ0) is 9.05. The molecule has 0 heterocycles. The summed E-state index contributed by atoms with van der Waals surface area (Å²) in [6.07, 6.45) is 8.85. The van der Waals surface area contributed by atoms with Crippen LogP contribution in [0.4, 0.5) is 0 Å². The minimum atomic E-state index is 0.641. The fourth-order valence-electron chi connectivity index (χ4n) is 4.46. The van der Waals surface area contributed by atoms with Gasteiger partial charge in [-0.05, 0) is 61.7 Å². The van der Waals surface area contributed by atoms with Crippen LogP contribution in [0.15, 0.2) is 12.2 Å². The predicted molar refractivity (Wildman–Crippen MR) is 55.4 cm³/mol. The lowest BCUT2D eigenvalue weighted by Crippen LogP contribution is -2.26. The molecule has 3 rings (SSSR count). The molecule has 3 aliphatic rings. The highest BCUT2D eigenvalue weighted by Gasteiger charge is 2.55. The molecule has 0 N–H and O–H groups in total. The van der Waals surface area contributed by atoms with E-state index in [1.165, 1.54) is 38.5 Å². The van der Waals surface area contributed by atoms with Gasteiger partial charge in [0.05, 0.1) is 0 Å². The third-order valence-corrected chi connectivity index (χ3v) is 5.14. The molecular weight excluding hydrogens is 156 g/mol. The molecule has 0 saturated heterocycles. The van der Waals surface area contributed by atoms with Crippen LogP contribution in [0.25, 0.3) is 0 Å². The topological polar surface area (TPSA) is 0 Å². The highest BCUT2D eigenvalue weighted by Crippen LogP contribution is 2.65. The molecular formula is C13H20. The first-order valence-corrected chi connectivity index (χ1v) is 5.91. The molecule has 72 valence electrons. The van der Waals surface area contributed by atoms with Crippen LogP contribution in [0.2, 0.25) is 0 Å². The summed E-state index contributed by atoms with van der Waals surface area (Å²) in [5.41, 5.74) is 2.30. The summed E-state index contributed by atoms with van der Waals surface area (Å²) >= 11 is 0. The van der Waals surface area contributed by atoms with Gasteiger partial charge in [0.15, 0.2) is 0 Å². The van der Waals surface area contributed by atoms with Crippen LogP contribution in [0, 0.1) is 23.2 Å². The fourth-order valence-corrected chi connectivity index (χ4v) is 4.46. The van der Waals surface area contributed by atoms with Crippen LogP contribution in [0.3, 0.4) is 0 Å². The van der Waals surface area contributed by atoms with E-state index >= 15 is 0 Å². The van der Waals surface area contributed by atoms with Crippen LogP contribution in [-0.2, 0) is 0 Å². The highest BCUT2D eigenvalue weighted by atomic mass is 14.6. The van der Waals surface area contributed by atoms with Crippen LogP contribution in [0.1, 0.15) is 45.4 Å². The minimum Gasteiger partial charge on any atom is -0.0990 e. The van der Waals surface area contributed by atoms with E-state index in [1.807, 2.05) is 0 Å². The van der Waals surface area contributed by atoms with Crippen molar-refractivity contribution < 1.29 is 0 Å². The van der Waals surface area contributed by atoms with Crippen LogP contribution in [-0.4, -0.2) is 0 Å². The molecule has 3 aliphatic carbocycles. The zero-order valence-electron chi connectivity index (χ0n) is 8.68. The molecule has 1 spiro atoms. The van der Waals surface area contributed by atoms with Crippen LogP contribution >= 0.6 is 0 Å². The molecule has 3 saturated carbocycles. The molecule has 13 heavy (non-hydrogen) atoms. The van der Waals surface area contributed by atoms with E-state index in [1.54, 1.807) is 5.57 Å². The Morgan fingerprint density at radius 2 is 2.15 bits per heavy atom. The number of allylic oxidation sites excluding steroid dienone is 1. The Balaban J connectivity index is 1.95. The van der Waals surface area contributed by atoms with Gasteiger partial charge in [-0.3, -0.25) is 0 Å². The third kappa shape index (κ3) is 0.872. The molecule has 0 radical (unpaired) electrons. The predicted octanol–water partition coefficient (Wildman–Crippen LogP) is 3.78. The average molecular weight is 176 g/mol. The van der Waals surface area contributed by atoms with Crippen LogP contribution in [0.5, 0.6) is 0 Å². The van der Waals surface area contributed by atoms with Gasteiger partial charge in [-0.25, -0.2) is 0 Å². The maximum absolute atomic E-state index is 4.41. The third-order valence-electron chi connectivity index (χ3n) is 5.14. The Morgan fingerprint density at radius 3 is 2.69 bits per heavy atom. The van der Waals surface area contributed by atoms with E-state index in [2.05, 4.69) is 13.5 Å². The minimum absolute atomic E-state index is 0.641. The number of rotatable bonds is 0.